The predicted octanol–water partition coefficient (Wildman–Crippen LogP) is 4.19. The zero-order chi connectivity index (χ0) is 19.2. The van der Waals surface area contributed by atoms with Crippen molar-refractivity contribution in [2.45, 2.75) is 26.3 Å². The molecule has 138 valence electrons. The molecule has 27 heavy (non-hydrogen) atoms. The highest BCUT2D eigenvalue weighted by atomic mass is 16.1. The van der Waals surface area contributed by atoms with Gasteiger partial charge in [-0.3, -0.25) is 4.79 Å². The number of aromatic nitrogens is 2. The highest BCUT2D eigenvalue weighted by Gasteiger charge is 2.12. The third-order valence-electron chi connectivity index (χ3n) is 4.20. The summed E-state index contributed by atoms with van der Waals surface area (Å²) in [7, 11) is 0. The second-order valence-electron chi connectivity index (χ2n) is 6.36. The largest absolute Gasteiger partial charge is 0.399 e. The van der Waals surface area contributed by atoms with Gasteiger partial charge in [-0.25, -0.2) is 4.98 Å². The third-order valence-corrected chi connectivity index (χ3v) is 4.20. The Kier molecular flexibility index (Phi) is 5.66. The standard InChI is InChI=1S/C21H23N5O/c1-3-14(2)23-21-24-18(15-7-5-4-6-8-15)13-19(26-21)25-20(27)16-9-11-17(22)12-10-16/h4-14H,3,22H2,1-2H3,(H2,23,24,25,26,27)/t14-/m1/s1. The number of nitrogens with zero attached hydrogens (tertiary/aromatic N) is 2. The van der Waals surface area contributed by atoms with Crippen molar-refractivity contribution in [1.29, 1.82) is 0 Å². The van der Waals surface area contributed by atoms with Crippen LogP contribution in [0.5, 0.6) is 0 Å². The van der Waals surface area contributed by atoms with E-state index in [4.69, 9.17) is 5.73 Å². The van der Waals surface area contributed by atoms with Crippen molar-refractivity contribution in [3.8, 4) is 11.3 Å². The van der Waals surface area contributed by atoms with Gasteiger partial charge in [-0.05, 0) is 37.6 Å². The molecule has 0 saturated carbocycles. The topological polar surface area (TPSA) is 92.9 Å². The lowest BCUT2D eigenvalue weighted by molar-refractivity contribution is 0.102. The van der Waals surface area contributed by atoms with Gasteiger partial charge in [-0.2, -0.15) is 4.98 Å². The molecule has 0 aliphatic heterocycles. The molecule has 4 N–H and O–H groups in total. The van der Waals surface area contributed by atoms with E-state index in [2.05, 4.69) is 34.4 Å². The molecule has 1 heterocycles. The smallest absolute Gasteiger partial charge is 0.256 e. The summed E-state index contributed by atoms with van der Waals surface area (Å²) in [5.41, 5.74) is 8.50. The maximum absolute atomic E-state index is 12.5. The molecular formula is C21H23N5O. The minimum Gasteiger partial charge on any atom is -0.399 e. The van der Waals surface area contributed by atoms with E-state index in [1.165, 1.54) is 0 Å². The molecule has 3 rings (SSSR count). The van der Waals surface area contributed by atoms with E-state index in [0.717, 1.165) is 17.7 Å². The van der Waals surface area contributed by atoms with Gasteiger partial charge in [0.1, 0.15) is 5.82 Å². The van der Waals surface area contributed by atoms with Crippen LogP contribution in [-0.2, 0) is 0 Å². The quantitative estimate of drug-likeness (QED) is 0.573. The fraction of sp³-hybridized carbons (Fsp3) is 0.190. The Morgan fingerprint density at radius 2 is 1.78 bits per heavy atom. The molecule has 0 bridgehead atoms. The van der Waals surface area contributed by atoms with Gasteiger partial charge in [0.2, 0.25) is 5.95 Å². The molecule has 0 unspecified atom stereocenters. The number of rotatable bonds is 6. The molecule has 0 aliphatic carbocycles. The summed E-state index contributed by atoms with van der Waals surface area (Å²) in [5, 5.41) is 6.12. The van der Waals surface area contributed by atoms with Gasteiger partial charge < -0.3 is 16.4 Å². The van der Waals surface area contributed by atoms with Crippen LogP contribution in [0.2, 0.25) is 0 Å². The molecule has 6 heteroatoms. The summed E-state index contributed by atoms with van der Waals surface area (Å²) < 4.78 is 0. The maximum atomic E-state index is 12.5. The third kappa shape index (κ3) is 4.82. The Hall–Kier alpha value is -3.41. The summed E-state index contributed by atoms with van der Waals surface area (Å²) in [4.78, 5) is 21.6. The number of carbonyl (C=O) groups is 1. The number of carbonyl (C=O) groups excluding carboxylic acids is 1. The zero-order valence-corrected chi connectivity index (χ0v) is 15.4. The van der Waals surface area contributed by atoms with Crippen molar-refractivity contribution in [1.82, 2.24) is 9.97 Å². The van der Waals surface area contributed by atoms with Crippen molar-refractivity contribution in [2.24, 2.45) is 0 Å². The molecule has 0 spiro atoms. The number of anilines is 3. The monoisotopic (exact) mass is 361 g/mol. The summed E-state index contributed by atoms with van der Waals surface area (Å²) in [6.07, 6.45) is 0.937. The fourth-order valence-corrected chi connectivity index (χ4v) is 2.48. The number of nitrogen functional groups attached to an aromatic ring is 1. The summed E-state index contributed by atoms with van der Waals surface area (Å²) >= 11 is 0. The normalized spacial score (nSPS) is 11.6. The van der Waals surface area contributed by atoms with Crippen molar-refractivity contribution in [3.05, 3.63) is 66.2 Å². The van der Waals surface area contributed by atoms with Crippen LogP contribution in [0.1, 0.15) is 30.6 Å². The highest BCUT2D eigenvalue weighted by molar-refractivity contribution is 6.04. The minimum absolute atomic E-state index is 0.219. The molecule has 0 aliphatic rings. The molecule has 3 aromatic rings. The highest BCUT2D eigenvalue weighted by Crippen LogP contribution is 2.22. The number of nitrogens with one attached hydrogen (secondary N) is 2. The van der Waals surface area contributed by atoms with Crippen LogP contribution >= 0.6 is 0 Å². The molecule has 0 fully saturated rings. The van der Waals surface area contributed by atoms with Crippen molar-refractivity contribution in [2.75, 3.05) is 16.4 Å². The van der Waals surface area contributed by atoms with Gasteiger partial charge in [-0.1, -0.05) is 37.3 Å². The Balaban J connectivity index is 1.91. The first-order valence-electron chi connectivity index (χ1n) is 8.93. The maximum Gasteiger partial charge on any atom is 0.256 e. The van der Waals surface area contributed by atoms with Crippen molar-refractivity contribution >= 4 is 23.4 Å². The van der Waals surface area contributed by atoms with E-state index in [9.17, 15) is 4.79 Å². The molecule has 0 radical (unpaired) electrons. The average molecular weight is 361 g/mol. The summed E-state index contributed by atoms with van der Waals surface area (Å²) in [6, 6.07) is 18.5. The van der Waals surface area contributed by atoms with Crippen LogP contribution in [0.25, 0.3) is 11.3 Å². The van der Waals surface area contributed by atoms with E-state index in [1.807, 2.05) is 30.3 Å². The number of hydrogen-bond acceptors (Lipinski definition) is 5. The lowest BCUT2D eigenvalue weighted by atomic mass is 10.1. The van der Waals surface area contributed by atoms with E-state index in [1.54, 1.807) is 30.3 Å². The molecule has 0 saturated heterocycles. The lowest BCUT2D eigenvalue weighted by Gasteiger charge is -2.14. The molecule has 2 aromatic carbocycles. The molecule has 6 nitrogen and oxygen atoms in total. The molecule has 1 atom stereocenters. The number of nitrogens with two attached hydrogens (primary N) is 1. The SMILES string of the molecule is CC[C@@H](C)Nc1nc(NC(=O)c2ccc(N)cc2)cc(-c2ccccc2)n1. The molecular weight excluding hydrogens is 338 g/mol. The average Bonchev–Trinajstić information content (AvgIpc) is 2.69. The van der Waals surface area contributed by atoms with Crippen LogP contribution in [0, 0.1) is 0 Å². The van der Waals surface area contributed by atoms with E-state index >= 15 is 0 Å². The first kappa shape index (κ1) is 18.4. The minimum atomic E-state index is -0.248. The molecule has 1 amide bonds. The van der Waals surface area contributed by atoms with E-state index < -0.39 is 0 Å². The van der Waals surface area contributed by atoms with Gasteiger partial charge in [0.05, 0.1) is 5.69 Å². The van der Waals surface area contributed by atoms with Gasteiger partial charge in [-0.15, -0.1) is 0 Å². The van der Waals surface area contributed by atoms with Gasteiger partial charge >= 0.3 is 0 Å². The lowest BCUT2D eigenvalue weighted by Crippen LogP contribution is -2.18. The Bertz CT molecular complexity index is 910. The Morgan fingerprint density at radius 3 is 2.44 bits per heavy atom. The Labute approximate surface area is 158 Å². The first-order chi connectivity index (χ1) is 13.0. The fourth-order valence-electron chi connectivity index (χ4n) is 2.48. The second kappa shape index (κ2) is 8.31. The number of hydrogen-bond donors (Lipinski definition) is 3. The number of amides is 1. The van der Waals surface area contributed by atoms with Crippen LogP contribution in [0.3, 0.4) is 0 Å². The van der Waals surface area contributed by atoms with E-state index in [-0.39, 0.29) is 11.9 Å². The first-order valence-corrected chi connectivity index (χ1v) is 8.93. The van der Waals surface area contributed by atoms with Gasteiger partial charge in [0, 0.05) is 28.9 Å². The van der Waals surface area contributed by atoms with Gasteiger partial charge in [0.15, 0.2) is 0 Å². The Morgan fingerprint density at radius 1 is 1.07 bits per heavy atom. The van der Waals surface area contributed by atoms with Gasteiger partial charge in [0.25, 0.3) is 5.91 Å². The van der Waals surface area contributed by atoms with E-state index in [0.29, 0.717) is 23.0 Å². The summed E-state index contributed by atoms with van der Waals surface area (Å²) in [5.74, 6) is 0.678. The number of benzene rings is 2. The van der Waals surface area contributed by atoms with Crippen LogP contribution in [0.15, 0.2) is 60.7 Å². The van der Waals surface area contributed by atoms with Crippen molar-refractivity contribution in [3.63, 3.8) is 0 Å². The summed E-state index contributed by atoms with van der Waals surface area (Å²) in [6.45, 7) is 4.15. The van der Waals surface area contributed by atoms with Crippen molar-refractivity contribution < 1.29 is 4.79 Å². The molecule has 1 aromatic heterocycles. The predicted molar refractivity (Wildman–Crippen MR) is 110 cm³/mol. The van der Waals surface area contributed by atoms with Crippen LogP contribution in [0.4, 0.5) is 17.5 Å². The second-order valence-corrected chi connectivity index (χ2v) is 6.36. The van der Waals surface area contributed by atoms with Crippen LogP contribution in [-0.4, -0.2) is 21.9 Å². The van der Waals surface area contributed by atoms with Crippen LogP contribution < -0.4 is 16.4 Å². The zero-order valence-electron chi connectivity index (χ0n) is 15.4.